The molecule has 1 aliphatic rings. The van der Waals surface area contributed by atoms with Crippen LogP contribution in [0.25, 0.3) is 22.2 Å². The lowest BCUT2D eigenvalue weighted by Gasteiger charge is -2.30. The Morgan fingerprint density at radius 3 is 2.57 bits per heavy atom. The molecule has 49 heavy (non-hydrogen) atoms. The van der Waals surface area contributed by atoms with Gasteiger partial charge in [0.05, 0.1) is 46.4 Å². The highest BCUT2D eigenvalue weighted by Crippen LogP contribution is 2.42. The summed E-state index contributed by atoms with van der Waals surface area (Å²) < 4.78 is 26.7. The first kappa shape index (κ1) is 34.4. The normalized spacial score (nSPS) is 13.9. The number of benzene rings is 3. The largest absolute Gasteiger partial charge is 0.491 e. The summed E-state index contributed by atoms with van der Waals surface area (Å²) in [6, 6.07) is 16.5. The van der Waals surface area contributed by atoms with Crippen LogP contribution in [-0.4, -0.2) is 46.1 Å². The molecule has 0 aliphatic heterocycles. The maximum atomic E-state index is 14.7. The Labute approximate surface area is 296 Å². The summed E-state index contributed by atoms with van der Waals surface area (Å²) in [6.45, 7) is 1.47. The standard InChI is InChI=1S/C36H30Cl3FN4O5/c1-2-48-34-20(15-30(41)45)14-29(44-33(34)26-7-4-8-27(38)31(26)39)36(47,22-5-3-6-24(40)16-22)18-43-35(46)21-11-19-12-23(37)17-42-32(19)28(13-21)49-25-9-10-25/h3-8,11-14,16-17,25,47H,2,9-10,15,18H2,1H3,(H2,41,45)(H,43,46)/t36-/m1/s1. The first-order chi connectivity index (χ1) is 23.5. The number of amides is 2. The van der Waals surface area contributed by atoms with Crippen LogP contribution in [0.4, 0.5) is 4.39 Å². The maximum absolute atomic E-state index is 14.7. The van der Waals surface area contributed by atoms with Gasteiger partial charge in [0.2, 0.25) is 5.91 Å². The predicted molar refractivity (Wildman–Crippen MR) is 186 cm³/mol. The number of hydrogen-bond donors (Lipinski definition) is 3. The minimum Gasteiger partial charge on any atom is -0.491 e. The molecule has 6 rings (SSSR count). The molecule has 9 nitrogen and oxygen atoms in total. The van der Waals surface area contributed by atoms with E-state index in [4.69, 9.17) is 55.0 Å². The Balaban J connectivity index is 1.47. The summed E-state index contributed by atoms with van der Waals surface area (Å²) >= 11 is 19.2. The second-order valence-corrected chi connectivity index (χ2v) is 12.8. The van der Waals surface area contributed by atoms with Gasteiger partial charge in [-0.1, -0.05) is 59.1 Å². The van der Waals surface area contributed by atoms with Gasteiger partial charge in [0.1, 0.15) is 34.1 Å². The van der Waals surface area contributed by atoms with Gasteiger partial charge in [-0.15, -0.1) is 0 Å². The van der Waals surface area contributed by atoms with E-state index in [0.29, 0.717) is 27.2 Å². The highest BCUT2D eigenvalue weighted by molar-refractivity contribution is 6.43. The van der Waals surface area contributed by atoms with Crippen LogP contribution in [0.1, 0.15) is 46.9 Å². The average molecular weight is 724 g/mol. The van der Waals surface area contributed by atoms with Crippen LogP contribution < -0.4 is 20.5 Å². The zero-order valence-corrected chi connectivity index (χ0v) is 28.4. The van der Waals surface area contributed by atoms with Crippen molar-refractivity contribution in [3.05, 3.63) is 116 Å². The van der Waals surface area contributed by atoms with Gasteiger partial charge in [-0.25, -0.2) is 9.37 Å². The molecular formula is C36H30Cl3FN4O5. The minimum atomic E-state index is -2.15. The molecule has 2 aromatic heterocycles. The summed E-state index contributed by atoms with van der Waals surface area (Å²) in [4.78, 5) is 35.2. The molecular weight excluding hydrogens is 694 g/mol. The maximum Gasteiger partial charge on any atom is 0.251 e. The van der Waals surface area contributed by atoms with Gasteiger partial charge in [-0.2, -0.15) is 0 Å². The summed E-state index contributed by atoms with van der Waals surface area (Å²) in [5.74, 6) is -1.26. The van der Waals surface area contributed by atoms with Crippen LogP contribution in [0.3, 0.4) is 0 Å². The first-order valence-corrected chi connectivity index (χ1v) is 16.5. The van der Waals surface area contributed by atoms with Crippen LogP contribution >= 0.6 is 34.8 Å². The minimum absolute atomic E-state index is 0.0274. The molecule has 0 radical (unpaired) electrons. The molecule has 2 heterocycles. The highest BCUT2D eigenvalue weighted by atomic mass is 35.5. The van der Waals surface area contributed by atoms with E-state index in [9.17, 15) is 19.1 Å². The van der Waals surface area contributed by atoms with Gasteiger partial charge in [-0.3, -0.25) is 14.6 Å². The van der Waals surface area contributed by atoms with Crippen LogP contribution in [-0.2, 0) is 16.8 Å². The monoisotopic (exact) mass is 722 g/mol. The smallest absolute Gasteiger partial charge is 0.251 e. The third kappa shape index (κ3) is 7.43. The fraction of sp³-hybridized carbons (Fsp3) is 0.222. The summed E-state index contributed by atoms with van der Waals surface area (Å²) in [7, 11) is 0. The summed E-state index contributed by atoms with van der Waals surface area (Å²) in [5, 5.41) is 16.7. The lowest BCUT2D eigenvalue weighted by molar-refractivity contribution is -0.117. The molecule has 0 bridgehead atoms. The van der Waals surface area contributed by atoms with E-state index < -0.39 is 29.8 Å². The molecule has 0 unspecified atom stereocenters. The second kappa shape index (κ2) is 14.2. The fourth-order valence-corrected chi connectivity index (χ4v) is 6.02. The number of aliphatic hydroxyl groups is 1. The Kier molecular flexibility index (Phi) is 9.94. The number of ether oxygens (including phenoxy) is 2. The molecule has 3 aromatic carbocycles. The number of nitrogens with zero attached hydrogens (tertiary/aromatic N) is 2. The number of nitrogens with two attached hydrogens (primary N) is 1. The number of halogens is 4. The van der Waals surface area contributed by atoms with Crippen LogP contribution in [0, 0.1) is 5.82 Å². The number of pyridine rings is 2. The molecule has 1 saturated carbocycles. The lowest BCUT2D eigenvalue weighted by Crippen LogP contribution is -2.42. The number of nitrogens with one attached hydrogen (secondary N) is 1. The number of primary amides is 1. The SMILES string of the molecule is CCOc1c(CC(N)=O)cc([C@@](O)(CNC(=O)c2cc(OC3CC3)c3ncc(Cl)cc3c2)c2cccc(F)c2)nc1-c1cccc(Cl)c1Cl. The molecule has 13 heteroatoms. The number of carbonyl (C=O) groups excluding carboxylic acids is 2. The second-order valence-electron chi connectivity index (χ2n) is 11.6. The van der Waals surface area contributed by atoms with Crippen molar-refractivity contribution in [2.45, 2.75) is 37.9 Å². The van der Waals surface area contributed by atoms with Crippen molar-refractivity contribution >= 4 is 57.5 Å². The molecule has 0 saturated heterocycles. The lowest BCUT2D eigenvalue weighted by atomic mass is 9.87. The molecule has 1 aliphatic carbocycles. The van der Waals surface area contributed by atoms with E-state index in [2.05, 4.69) is 10.3 Å². The van der Waals surface area contributed by atoms with E-state index in [1.165, 1.54) is 30.5 Å². The van der Waals surface area contributed by atoms with E-state index in [0.717, 1.165) is 18.9 Å². The quantitative estimate of drug-likeness (QED) is 0.126. The molecule has 252 valence electrons. The Morgan fingerprint density at radius 1 is 1.08 bits per heavy atom. The van der Waals surface area contributed by atoms with Crippen LogP contribution in [0.5, 0.6) is 11.5 Å². The Morgan fingerprint density at radius 2 is 1.86 bits per heavy atom. The van der Waals surface area contributed by atoms with Crippen molar-refractivity contribution in [1.82, 2.24) is 15.3 Å². The molecule has 2 amide bonds. The van der Waals surface area contributed by atoms with E-state index in [-0.39, 0.29) is 63.0 Å². The Bertz CT molecular complexity index is 2090. The van der Waals surface area contributed by atoms with Crippen molar-refractivity contribution in [1.29, 1.82) is 0 Å². The fourth-order valence-electron chi connectivity index (χ4n) is 5.46. The van der Waals surface area contributed by atoms with E-state index in [1.807, 2.05) is 0 Å². The Hall–Kier alpha value is -4.48. The highest BCUT2D eigenvalue weighted by Gasteiger charge is 2.37. The predicted octanol–water partition coefficient (Wildman–Crippen LogP) is 7.03. The first-order valence-electron chi connectivity index (χ1n) is 15.4. The molecule has 5 aromatic rings. The average Bonchev–Trinajstić information content (AvgIpc) is 3.89. The van der Waals surface area contributed by atoms with Gasteiger partial charge >= 0.3 is 0 Å². The third-order valence-corrected chi connectivity index (χ3v) is 8.96. The van der Waals surface area contributed by atoms with Crippen LogP contribution in [0.2, 0.25) is 15.1 Å². The van der Waals surface area contributed by atoms with Crippen molar-refractivity contribution in [3.63, 3.8) is 0 Å². The number of fused-ring (bicyclic) bond motifs is 1. The zero-order valence-electron chi connectivity index (χ0n) is 26.1. The van der Waals surface area contributed by atoms with E-state index >= 15 is 0 Å². The summed E-state index contributed by atoms with van der Waals surface area (Å²) in [6.07, 6.45) is 3.02. The topological polar surface area (TPSA) is 137 Å². The van der Waals surface area contributed by atoms with Gasteiger partial charge in [0, 0.05) is 28.3 Å². The molecule has 4 N–H and O–H groups in total. The van der Waals surface area contributed by atoms with Gasteiger partial charge in [-0.05, 0) is 67.8 Å². The number of hydrogen-bond acceptors (Lipinski definition) is 7. The van der Waals surface area contributed by atoms with Gasteiger partial charge < -0.3 is 25.6 Å². The third-order valence-electron chi connectivity index (χ3n) is 7.94. The van der Waals surface area contributed by atoms with Crippen molar-refractivity contribution in [3.8, 4) is 22.8 Å². The summed E-state index contributed by atoms with van der Waals surface area (Å²) in [5.41, 5.74) is 5.07. The van der Waals surface area contributed by atoms with Crippen molar-refractivity contribution < 1.29 is 28.6 Å². The molecule has 1 fully saturated rings. The number of rotatable bonds is 12. The van der Waals surface area contributed by atoms with Gasteiger partial charge in [0.15, 0.2) is 0 Å². The van der Waals surface area contributed by atoms with Gasteiger partial charge in [0.25, 0.3) is 5.91 Å². The number of carbonyl (C=O) groups is 2. The molecule has 0 spiro atoms. The molecule has 1 atom stereocenters. The number of aromatic nitrogens is 2. The zero-order chi connectivity index (χ0) is 34.9. The van der Waals surface area contributed by atoms with Crippen molar-refractivity contribution in [2.75, 3.05) is 13.2 Å². The van der Waals surface area contributed by atoms with Crippen molar-refractivity contribution in [2.24, 2.45) is 5.73 Å². The van der Waals surface area contributed by atoms with E-state index in [1.54, 1.807) is 43.3 Å². The van der Waals surface area contributed by atoms with Crippen LogP contribution in [0.15, 0.2) is 72.9 Å².